The average molecular weight is 340 g/mol. The lowest BCUT2D eigenvalue weighted by Gasteiger charge is -2.04. The summed E-state index contributed by atoms with van der Waals surface area (Å²) in [5.74, 6) is 2.43. The number of rotatable bonds is 14. The van der Waals surface area contributed by atoms with Gasteiger partial charge < -0.3 is 0 Å². The van der Waals surface area contributed by atoms with E-state index < -0.39 is 6.13 Å². The summed E-state index contributed by atoms with van der Waals surface area (Å²) in [6, 6.07) is 0. The van der Waals surface area contributed by atoms with E-state index in [0.29, 0.717) is 0 Å². The molecular formula is C16H36OPS2+. The number of hydrogen-bond acceptors (Lipinski definition) is 0. The molecule has 0 amide bonds. The fourth-order valence-electron chi connectivity index (χ4n) is 2.36. The quantitative estimate of drug-likeness (QED) is 0.211. The van der Waals surface area contributed by atoms with Gasteiger partial charge in [0.05, 0.1) is 0 Å². The van der Waals surface area contributed by atoms with E-state index in [1.165, 1.54) is 88.6 Å². The van der Waals surface area contributed by atoms with E-state index in [4.69, 9.17) is 0 Å². The zero-order chi connectivity index (χ0) is 15.1. The molecule has 0 aromatic rings. The maximum Gasteiger partial charge on any atom is 0.353 e. The summed E-state index contributed by atoms with van der Waals surface area (Å²) in [5, 5.41) is 0. The third kappa shape index (κ3) is 13.9. The summed E-state index contributed by atoms with van der Waals surface area (Å²) >= 11 is 4.34. The van der Waals surface area contributed by atoms with Gasteiger partial charge >= 0.3 is 6.13 Å². The van der Waals surface area contributed by atoms with E-state index in [1.54, 1.807) is 0 Å². The van der Waals surface area contributed by atoms with E-state index in [1.807, 2.05) is 0 Å². The molecule has 0 aliphatic carbocycles. The first-order chi connectivity index (χ1) is 9.72. The molecule has 0 bridgehead atoms. The van der Waals surface area contributed by atoms with E-state index in [-0.39, 0.29) is 10.1 Å². The van der Waals surface area contributed by atoms with Crippen LogP contribution in [-0.2, 0) is 10.1 Å². The molecule has 1 N–H and O–H groups in total. The Balaban J connectivity index is 3.60. The highest BCUT2D eigenvalue weighted by atomic mass is 32.9. The topological polar surface area (TPSA) is 20.2 Å². The summed E-state index contributed by atoms with van der Waals surface area (Å²) in [7, 11) is 0.194. The fraction of sp³-hybridized carbons (Fsp3) is 1.00. The number of thiol groups is 1. The molecule has 0 fully saturated rings. The van der Waals surface area contributed by atoms with Crippen molar-refractivity contribution in [1.29, 1.82) is 0 Å². The molecule has 4 heteroatoms. The molecule has 0 rings (SSSR count). The second-order valence-corrected chi connectivity index (χ2v) is 12.4. The standard InChI is InChI=1S/C16H36OPS2/c1-3-5-7-9-11-13-15-20(18(17)19)16-14-12-10-8-6-4-2/h17,19H,3-16H2,1-2H3/q+1. The van der Waals surface area contributed by atoms with E-state index >= 15 is 0 Å². The van der Waals surface area contributed by atoms with E-state index in [2.05, 4.69) is 26.1 Å². The van der Waals surface area contributed by atoms with Crippen molar-refractivity contribution in [2.75, 3.05) is 11.5 Å². The lowest BCUT2D eigenvalue weighted by molar-refractivity contribution is 0.623. The molecule has 1 unspecified atom stereocenters. The molecule has 1 nitrogen and oxygen atoms in total. The van der Waals surface area contributed by atoms with Gasteiger partial charge in [-0.1, -0.05) is 78.1 Å². The van der Waals surface area contributed by atoms with Crippen molar-refractivity contribution in [3.8, 4) is 0 Å². The number of hydrogen-bond donors (Lipinski definition) is 2. The van der Waals surface area contributed by atoms with Gasteiger partial charge in [-0.15, -0.1) is 0 Å². The summed E-state index contributed by atoms with van der Waals surface area (Å²) in [5.41, 5.74) is 0. The van der Waals surface area contributed by atoms with Crippen LogP contribution in [0.1, 0.15) is 90.9 Å². The molecule has 0 saturated heterocycles. The van der Waals surface area contributed by atoms with Crippen LogP contribution in [0, 0.1) is 0 Å². The lowest BCUT2D eigenvalue weighted by Crippen LogP contribution is -2.01. The Hall–Kier alpha value is 0.960. The molecule has 0 aliphatic heterocycles. The molecule has 0 radical (unpaired) electrons. The Morgan fingerprint density at radius 1 is 0.700 bits per heavy atom. The maximum absolute atomic E-state index is 9.84. The zero-order valence-electron chi connectivity index (χ0n) is 13.6. The SMILES string of the molecule is CCCCCCCCS(CCCCCCCC)=[P+](O)S. The van der Waals surface area contributed by atoms with Crippen molar-refractivity contribution >= 4 is 28.4 Å². The highest BCUT2D eigenvalue weighted by Crippen LogP contribution is 2.29. The van der Waals surface area contributed by atoms with Gasteiger partial charge in [-0.2, -0.15) is 4.89 Å². The summed E-state index contributed by atoms with van der Waals surface area (Å²) in [4.78, 5) is 9.84. The van der Waals surface area contributed by atoms with Gasteiger partial charge in [0.1, 0.15) is 12.2 Å². The highest BCUT2D eigenvalue weighted by Gasteiger charge is 2.11. The summed E-state index contributed by atoms with van der Waals surface area (Å²) in [6.45, 7) is 4.52. The van der Waals surface area contributed by atoms with Gasteiger partial charge in [0, 0.05) is 21.6 Å². The lowest BCUT2D eigenvalue weighted by atomic mass is 10.1. The molecule has 20 heavy (non-hydrogen) atoms. The highest BCUT2D eigenvalue weighted by molar-refractivity contribution is 8.60. The first-order valence-corrected chi connectivity index (χ1v) is 13.2. The van der Waals surface area contributed by atoms with Gasteiger partial charge in [-0.25, -0.2) is 0 Å². The second-order valence-electron chi connectivity index (χ2n) is 5.66. The molecule has 122 valence electrons. The molecule has 0 aliphatic rings. The monoisotopic (exact) mass is 339 g/mol. The molecule has 0 aromatic carbocycles. The predicted octanol–water partition coefficient (Wildman–Crippen LogP) is 6.47. The molecule has 0 saturated carbocycles. The van der Waals surface area contributed by atoms with Crippen LogP contribution >= 0.6 is 18.4 Å². The van der Waals surface area contributed by atoms with E-state index in [0.717, 1.165) is 0 Å². The van der Waals surface area contributed by atoms with Crippen molar-refractivity contribution in [3.63, 3.8) is 0 Å². The molecular weight excluding hydrogens is 303 g/mol. The minimum atomic E-state index is -0.997. The Morgan fingerprint density at radius 2 is 1.05 bits per heavy atom. The van der Waals surface area contributed by atoms with Crippen molar-refractivity contribution < 1.29 is 4.89 Å². The van der Waals surface area contributed by atoms with Gasteiger partial charge in [0.15, 0.2) is 0 Å². The van der Waals surface area contributed by atoms with E-state index in [9.17, 15) is 4.89 Å². The number of unbranched alkanes of at least 4 members (excludes halogenated alkanes) is 10. The van der Waals surface area contributed by atoms with Crippen LogP contribution in [0.25, 0.3) is 0 Å². The maximum atomic E-state index is 9.84. The molecule has 0 spiro atoms. The van der Waals surface area contributed by atoms with Crippen LogP contribution in [-0.4, -0.2) is 16.4 Å². The first-order valence-electron chi connectivity index (χ1n) is 8.57. The Labute approximate surface area is 135 Å². The summed E-state index contributed by atoms with van der Waals surface area (Å²) in [6.07, 6.45) is 15.2. The average Bonchev–Trinajstić information content (AvgIpc) is 2.43. The Bertz CT molecular complexity index is 223. The van der Waals surface area contributed by atoms with Crippen LogP contribution in [0.2, 0.25) is 0 Å². The zero-order valence-corrected chi connectivity index (χ0v) is 16.3. The van der Waals surface area contributed by atoms with Crippen molar-refractivity contribution in [2.24, 2.45) is 0 Å². The van der Waals surface area contributed by atoms with Crippen molar-refractivity contribution in [3.05, 3.63) is 0 Å². The fourth-order valence-corrected chi connectivity index (χ4v) is 7.19. The van der Waals surface area contributed by atoms with Gasteiger partial charge in [0.25, 0.3) is 0 Å². The predicted molar refractivity (Wildman–Crippen MR) is 102 cm³/mol. The van der Waals surface area contributed by atoms with Gasteiger partial charge in [-0.05, 0) is 12.8 Å². The van der Waals surface area contributed by atoms with Crippen LogP contribution in [0.3, 0.4) is 0 Å². The van der Waals surface area contributed by atoms with Crippen LogP contribution < -0.4 is 0 Å². The minimum absolute atomic E-state index is 0.194. The molecule has 1 atom stereocenters. The van der Waals surface area contributed by atoms with Crippen molar-refractivity contribution in [1.82, 2.24) is 0 Å². The Morgan fingerprint density at radius 3 is 1.40 bits per heavy atom. The largest absolute Gasteiger partial charge is 0.353 e. The first kappa shape index (κ1) is 21.0. The normalized spacial score (nSPS) is 12.2. The second kappa shape index (κ2) is 16.3. The van der Waals surface area contributed by atoms with Crippen LogP contribution in [0.4, 0.5) is 0 Å². The molecule has 0 heterocycles. The summed E-state index contributed by atoms with van der Waals surface area (Å²) < 4.78 is 0. The third-order valence-corrected chi connectivity index (χ3v) is 10.2. The minimum Gasteiger partial charge on any atom is -0.178 e. The van der Waals surface area contributed by atoms with Crippen LogP contribution in [0.5, 0.6) is 0 Å². The smallest absolute Gasteiger partial charge is 0.178 e. The van der Waals surface area contributed by atoms with Gasteiger partial charge in [-0.3, -0.25) is 0 Å². The van der Waals surface area contributed by atoms with Crippen LogP contribution in [0.15, 0.2) is 0 Å². The van der Waals surface area contributed by atoms with Crippen molar-refractivity contribution in [2.45, 2.75) is 90.9 Å². The third-order valence-electron chi connectivity index (χ3n) is 3.70. The van der Waals surface area contributed by atoms with Gasteiger partial charge in [0.2, 0.25) is 0 Å². The Kier molecular flexibility index (Phi) is 17.1. The molecule has 0 aromatic heterocycles.